The van der Waals surface area contributed by atoms with E-state index in [1.165, 1.54) is 51.4 Å². The summed E-state index contributed by atoms with van der Waals surface area (Å²) in [5.74, 6) is 1.22. The van der Waals surface area contributed by atoms with Crippen LogP contribution in [0.3, 0.4) is 0 Å². The van der Waals surface area contributed by atoms with Gasteiger partial charge in [-0.15, -0.1) is 0 Å². The lowest BCUT2D eigenvalue weighted by molar-refractivity contribution is -0.133. The summed E-state index contributed by atoms with van der Waals surface area (Å²) in [7, 11) is 2.03. The second-order valence-electron chi connectivity index (χ2n) is 6.96. The molecule has 2 aliphatic heterocycles. The number of nitrogens with one attached hydrogen (secondary N) is 1. The average Bonchev–Trinajstić information content (AvgIpc) is 3.05. The molecule has 2 unspecified atom stereocenters. The molecule has 1 N–H and O–H groups in total. The lowest BCUT2D eigenvalue weighted by Crippen LogP contribution is -2.48. The van der Waals surface area contributed by atoms with Crippen LogP contribution in [0.1, 0.15) is 64.2 Å². The molecule has 2 saturated heterocycles. The smallest absolute Gasteiger partial charge is 0.222 e. The number of rotatable bonds is 4. The molecule has 0 radical (unpaired) electrons. The average molecular weight is 264 g/mol. The summed E-state index contributed by atoms with van der Waals surface area (Å²) < 4.78 is 0. The molecule has 108 valence electrons. The lowest BCUT2D eigenvalue weighted by Gasteiger charge is -2.35. The van der Waals surface area contributed by atoms with Gasteiger partial charge in [0.05, 0.1) is 0 Å². The molecular formula is C16H28N2O. The van der Waals surface area contributed by atoms with Gasteiger partial charge in [0.15, 0.2) is 0 Å². The summed E-state index contributed by atoms with van der Waals surface area (Å²) in [4.78, 5) is 14.4. The van der Waals surface area contributed by atoms with Gasteiger partial charge in [0.1, 0.15) is 0 Å². The number of fused-ring (bicyclic) bond motifs is 2. The second-order valence-corrected chi connectivity index (χ2v) is 6.96. The zero-order valence-corrected chi connectivity index (χ0v) is 12.2. The second kappa shape index (κ2) is 5.82. The molecule has 3 rings (SSSR count). The van der Waals surface area contributed by atoms with Gasteiger partial charge in [-0.05, 0) is 38.0 Å². The van der Waals surface area contributed by atoms with E-state index in [9.17, 15) is 4.79 Å². The molecule has 19 heavy (non-hydrogen) atoms. The van der Waals surface area contributed by atoms with E-state index in [-0.39, 0.29) is 0 Å². The predicted octanol–water partition coefficient (Wildman–Crippen LogP) is 2.70. The Morgan fingerprint density at radius 3 is 2.37 bits per heavy atom. The van der Waals surface area contributed by atoms with E-state index >= 15 is 0 Å². The predicted molar refractivity (Wildman–Crippen MR) is 76.9 cm³/mol. The molecule has 0 aromatic heterocycles. The molecule has 2 atom stereocenters. The topological polar surface area (TPSA) is 32.3 Å². The number of hydrogen-bond acceptors (Lipinski definition) is 2. The monoisotopic (exact) mass is 264 g/mol. The molecule has 0 aromatic carbocycles. The molecule has 2 heterocycles. The Balaban J connectivity index is 1.46. The first-order chi connectivity index (χ1) is 9.22. The minimum absolute atomic E-state index is 0.387. The van der Waals surface area contributed by atoms with Crippen LogP contribution < -0.4 is 5.32 Å². The Morgan fingerprint density at radius 1 is 1.11 bits per heavy atom. The maximum atomic E-state index is 12.3. The molecular weight excluding hydrogens is 236 g/mol. The third-order valence-corrected chi connectivity index (χ3v) is 5.63. The number of amides is 1. The van der Waals surface area contributed by atoms with E-state index in [0.717, 1.165) is 18.8 Å². The number of carbonyl (C=O) groups is 1. The normalized spacial score (nSPS) is 34.7. The highest BCUT2D eigenvalue weighted by Crippen LogP contribution is 2.31. The van der Waals surface area contributed by atoms with Crippen molar-refractivity contribution in [2.45, 2.75) is 82.3 Å². The van der Waals surface area contributed by atoms with Crippen molar-refractivity contribution in [1.82, 2.24) is 10.2 Å². The van der Waals surface area contributed by atoms with Gasteiger partial charge < -0.3 is 10.2 Å². The summed E-state index contributed by atoms with van der Waals surface area (Å²) in [5, 5.41) is 3.65. The minimum Gasteiger partial charge on any atom is -0.343 e. The van der Waals surface area contributed by atoms with Crippen LogP contribution in [0.25, 0.3) is 0 Å². The molecule has 3 aliphatic rings. The summed E-state index contributed by atoms with van der Waals surface area (Å²) in [6, 6.07) is 1.84. The van der Waals surface area contributed by atoms with Crippen LogP contribution in [0, 0.1) is 5.92 Å². The first-order valence-electron chi connectivity index (χ1n) is 8.24. The van der Waals surface area contributed by atoms with E-state index in [1.54, 1.807) is 0 Å². The van der Waals surface area contributed by atoms with E-state index in [4.69, 9.17) is 0 Å². The van der Waals surface area contributed by atoms with Crippen molar-refractivity contribution in [3.63, 3.8) is 0 Å². The maximum Gasteiger partial charge on any atom is 0.222 e. The number of nitrogens with zero attached hydrogens (tertiary/aromatic N) is 1. The van der Waals surface area contributed by atoms with Crippen molar-refractivity contribution in [2.75, 3.05) is 7.05 Å². The fourth-order valence-electron chi connectivity index (χ4n) is 4.35. The molecule has 1 amide bonds. The van der Waals surface area contributed by atoms with Crippen molar-refractivity contribution in [2.24, 2.45) is 5.92 Å². The maximum absolute atomic E-state index is 12.3. The molecule has 3 nitrogen and oxygen atoms in total. The van der Waals surface area contributed by atoms with Gasteiger partial charge in [-0.3, -0.25) is 4.79 Å². The Labute approximate surface area is 117 Å². The van der Waals surface area contributed by atoms with Crippen LogP contribution >= 0.6 is 0 Å². The summed E-state index contributed by atoms with van der Waals surface area (Å²) in [5.41, 5.74) is 0. The number of carbonyl (C=O) groups excluding carboxylic acids is 1. The van der Waals surface area contributed by atoms with Gasteiger partial charge in [0, 0.05) is 31.6 Å². The largest absolute Gasteiger partial charge is 0.343 e. The van der Waals surface area contributed by atoms with Crippen LogP contribution in [0.2, 0.25) is 0 Å². The van der Waals surface area contributed by atoms with Gasteiger partial charge in [-0.2, -0.15) is 0 Å². The fourth-order valence-corrected chi connectivity index (χ4v) is 4.35. The molecule has 0 spiro atoms. The zero-order valence-electron chi connectivity index (χ0n) is 12.2. The fraction of sp³-hybridized carbons (Fsp3) is 0.938. The van der Waals surface area contributed by atoms with Crippen molar-refractivity contribution in [1.29, 1.82) is 0 Å². The molecule has 0 aromatic rings. The summed E-state index contributed by atoms with van der Waals surface area (Å²) in [6.07, 6.45) is 12.3. The molecule has 3 heteroatoms. The number of piperidine rings is 1. The summed E-state index contributed by atoms with van der Waals surface area (Å²) in [6.45, 7) is 0. The van der Waals surface area contributed by atoms with Crippen LogP contribution in [0.4, 0.5) is 0 Å². The van der Waals surface area contributed by atoms with Crippen LogP contribution in [-0.4, -0.2) is 36.0 Å². The third kappa shape index (κ3) is 3.13. The van der Waals surface area contributed by atoms with Gasteiger partial charge >= 0.3 is 0 Å². The SMILES string of the molecule is CN(C(=O)CCC1CCCC1)C1CC2CCC(C1)N2. The van der Waals surface area contributed by atoms with Crippen LogP contribution in [0.5, 0.6) is 0 Å². The highest BCUT2D eigenvalue weighted by atomic mass is 16.2. The molecule has 1 aliphatic carbocycles. The Bertz CT molecular complexity index is 313. The van der Waals surface area contributed by atoms with Crippen molar-refractivity contribution in [3.8, 4) is 0 Å². The Hall–Kier alpha value is -0.570. The molecule has 3 fully saturated rings. The highest BCUT2D eigenvalue weighted by molar-refractivity contribution is 5.76. The highest BCUT2D eigenvalue weighted by Gasteiger charge is 2.36. The lowest BCUT2D eigenvalue weighted by atomic mass is 9.97. The van der Waals surface area contributed by atoms with Crippen molar-refractivity contribution < 1.29 is 4.79 Å². The van der Waals surface area contributed by atoms with Gasteiger partial charge in [0.2, 0.25) is 5.91 Å². The Kier molecular flexibility index (Phi) is 4.11. The van der Waals surface area contributed by atoms with E-state index in [0.29, 0.717) is 24.0 Å². The van der Waals surface area contributed by atoms with E-state index in [2.05, 4.69) is 10.2 Å². The van der Waals surface area contributed by atoms with Crippen molar-refractivity contribution in [3.05, 3.63) is 0 Å². The number of hydrogen-bond donors (Lipinski definition) is 1. The van der Waals surface area contributed by atoms with Gasteiger partial charge in [-0.25, -0.2) is 0 Å². The van der Waals surface area contributed by atoms with Gasteiger partial charge in [0.25, 0.3) is 0 Å². The molecule has 1 saturated carbocycles. The minimum atomic E-state index is 0.387. The van der Waals surface area contributed by atoms with Crippen LogP contribution in [-0.2, 0) is 4.79 Å². The summed E-state index contributed by atoms with van der Waals surface area (Å²) >= 11 is 0. The third-order valence-electron chi connectivity index (χ3n) is 5.63. The van der Waals surface area contributed by atoms with Crippen molar-refractivity contribution >= 4 is 5.91 Å². The van der Waals surface area contributed by atoms with E-state index < -0.39 is 0 Å². The first-order valence-corrected chi connectivity index (χ1v) is 8.24. The molecule has 2 bridgehead atoms. The Morgan fingerprint density at radius 2 is 1.74 bits per heavy atom. The zero-order chi connectivity index (χ0) is 13.2. The first kappa shape index (κ1) is 13.4. The van der Waals surface area contributed by atoms with E-state index in [1.807, 2.05) is 7.05 Å². The standard InChI is InChI=1S/C16H28N2O/c1-18(15-10-13-7-8-14(11-15)17-13)16(19)9-6-12-4-2-3-5-12/h12-15,17H,2-11H2,1H3. The van der Waals surface area contributed by atoms with Crippen LogP contribution in [0.15, 0.2) is 0 Å². The van der Waals surface area contributed by atoms with Gasteiger partial charge in [-0.1, -0.05) is 25.7 Å². The quantitative estimate of drug-likeness (QED) is 0.846.